The lowest BCUT2D eigenvalue weighted by Gasteiger charge is -2.63. The van der Waals surface area contributed by atoms with E-state index in [0.29, 0.717) is 38.6 Å². The Kier molecular flexibility index (Phi) is 11.7. The summed E-state index contributed by atoms with van der Waals surface area (Å²) >= 11 is 6.23. The first-order chi connectivity index (χ1) is 28.0. The predicted octanol–water partition coefficient (Wildman–Crippen LogP) is 4.54. The van der Waals surface area contributed by atoms with E-state index in [1.807, 2.05) is 12.1 Å². The van der Waals surface area contributed by atoms with Crippen molar-refractivity contribution < 1.29 is 37.1 Å². The van der Waals surface area contributed by atoms with E-state index in [-0.39, 0.29) is 52.2 Å². The molecule has 3 fully saturated rings. The number of hydrogen-bond donors (Lipinski definition) is 2. The summed E-state index contributed by atoms with van der Waals surface area (Å²) in [4.78, 5) is 59.3. The van der Waals surface area contributed by atoms with Gasteiger partial charge >= 0.3 is 0 Å². The maximum Gasteiger partial charge on any atom is 0.269 e. The minimum absolute atomic E-state index is 0.0225. The van der Waals surface area contributed by atoms with Crippen LogP contribution in [0.25, 0.3) is 0 Å². The molecule has 1 unspecified atom stereocenters. The molecule has 7 rings (SSSR count). The van der Waals surface area contributed by atoms with Gasteiger partial charge in [0, 0.05) is 67.8 Å². The number of aromatic nitrogens is 1. The van der Waals surface area contributed by atoms with Crippen LogP contribution in [0.5, 0.6) is 11.5 Å². The monoisotopic (exact) mass is 845 g/mol. The third-order valence-corrected chi connectivity index (χ3v) is 14.1. The van der Waals surface area contributed by atoms with Gasteiger partial charge in [-0.15, -0.1) is 0 Å². The standard InChI is InChI=1S/C42H48ClN7O8S/c1-41(2)39(42(3,4)40(41)58-29-10-8-26(24-44)31(43)22-29)47-36(52)27-9-14-34(45-25-27)49-19-17-48(18-20-49)16-6-5-7-21-57-28-11-12-30-33(23-28)59(55,56)50(38(30)54)32-13-15-35(51)46-37(32)53/h8-12,14,22-23,25,32,39-40H,5-7,13,15-21H2,1-4H3,(H,47,52)(H,46,51,53)/t32?,39-,40-. The number of carbonyl (C=O) groups is 4. The van der Waals surface area contributed by atoms with Gasteiger partial charge in [-0.3, -0.25) is 29.4 Å². The fourth-order valence-electron chi connectivity index (χ4n) is 9.05. The van der Waals surface area contributed by atoms with Crippen LogP contribution in [0, 0.1) is 22.2 Å². The van der Waals surface area contributed by atoms with E-state index in [1.165, 1.54) is 12.1 Å². The highest BCUT2D eigenvalue weighted by Crippen LogP contribution is 2.55. The van der Waals surface area contributed by atoms with E-state index in [9.17, 15) is 32.9 Å². The lowest BCUT2D eigenvalue weighted by molar-refractivity contribution is -0.164. The summed E-state index contributed by atoms with van der Waals surface area (Å²) in [5.74, 6) is -0.559. The van der Waals surface area contributed by atoms with Crippen molar-refractivity contribution in [1.82, 2.24) is 24.8 Å². The van der Waals surface area contributed by atoms with Gasteiger partial charge in [-0.05, 0) is 68.6 Å². The molecule has 15 nitrogen and oxygen atoms in total. The fraction of sp³-hybridized carbons (Fsp3) is 0.476. The molecule has 0 radical (unpaired) electrons. The molecule has 2 saturated heterocycles. The van der Waals surface area contributed by atoms with E-state index < -0.39 is 33.8 Å². The van der Waals surface area contributed by atoms with E-state index in [2.05, 4.69) is 59.2 Å². The Balaban J connectivity index is 0.816. The number of carbonyl (C=O) groups excluding carboxylic acids is 4. The lowest BCUT2D eigenvalue weighted by atomic mass is 9.49. The highest BCUT2D eigenvalue weighted by molar-refractivity contribution is 7.90. The van der Waals surface area contributed by atoms with E-state index in [0.717, 1.165) is 57.8 Å². The van der Waals surface area contributed by atoms with Crippen molar-refractivity contribution in [2.24, 2.45) is 10.8 Å². The summed E-state index contributed by atoms with van der Waals surface area (Å²) in [6.07, 6.45) is 3.94. The maximum atomic E-state index is 13.4. The zero-order chi connectivity index (χ0) is 42.3. The zero-order valence-electron chi connectivity index (χ0n) is 33.5. The average Bonchev–Trinajstić information content (AvgIpc) is 3.40. The largest absolute Gasteiger partial charge is 0.494 e. The van der Waals surface area contributed by atoms with Crippen LogP contribution in [0.2, 0.25) is 5.02 Å². The van der Waals surface area contributed by atoms with Crippen molar-refractivity contribution in [2.45, 2.75) is 82.9 Å². The zero-order valence-corrected chi connectivity index (χ0v) is 35.1. The number of hydrogen-bond acceptors (Lipinski definition) is 12. The summed E-state index contributed by atoms with van der Waals surface area (Å²) in [5, 5.41) is 14.9. The topological polar surface area (TPSA) is 191 Å². The van der Waals surface area contributed by atoms with E-state index in [1.54, 1.807) is 30.5 Å². The van der Waals surface area contributed by atoms with Crippen LogP contribution in [-0.4, -0.2) is 104 Å². The molecule has 1 aliphatic carbocycles. The van der Waals surface area contributed by atoms with Crippen molar-refractivity contribution in [3.8, 4) is 17.6 Å². The van der Waals surface area contributed by atoms with Crippen molar-refractivity contribution in [2.75, 3.05) is 44.2 Å². The van der Waals surface area contributed by atoms with Crippen LogP contribution in [0.1, 0.15) is 86.1 Å². The highest BCUT2D eigenvalue weighted by Gasteiger charge is 2.64. The number of halogens is 1. The summed E-state index contributed by atoms with van der Waals surface area (Å²) in [6, 6.07) is 13.6. The van der Waals surface area contributed by atoms with Crippen molar-refractivity contribution in [1.29, 1.82) is 5.26 Å². The number of anilines is 1. The van der Waals surface area contributed by atoms with Crippen LogP contribution >= 0.6 is 11.6 Å². The quantitative estimate of drug-likeness (QED) is 0.181. The number of benzene rings is 2. The van der Waals surface area contributed by atoms with E-state index in [4.69, 9.17) is 21.1 Å². The molecule has 1 saturated carbocycles. The SMILES string of the molecule is CC1(C)[C@H](NC(=O)c2ccc(N3CCN(CCCCCOc4ccc5c(c4)S(=O)(=O)N(C4CCC(=O)NC4=O)C5=O)CC3)nc2)C(C)(C)[C@H]1Oc1ccc(C#N)c(Cl)c1. The van der Waals surface area contributed by atoms with Crippen LogP contribution < -0.4 is 25.0 Å². The summed E-state index contributed by atoms with van der Waals surface area (Å²) in [7, 11) is -4.28. The maximum absolute atomic E-state index is 13.4. The second-order valence-corrected chi connectivity index (χ2v) is 18.9. The molecule has 4 aliphatic rings. The number of pyridine rings is 1. The van der Waals surface area contributed by atoms with Gasteiger partial charge in [0.15, 0.2) is 0 Å². The Morgan fingerprint density at radius 1 is 0.983 bits per heavy atom. The Morgan fingerprint density at radius 2 is 1.71 bits per heavy atom. The third-order valence-electron chi connectivity index (χ3n) is 11.9. The minimum atomic E-state index is -4.28. The first-order valence-corrected chi connectivity index (χ1v) is 21.6. The van der Waals surface area contributed by atoms with Crippen molar-refractivity contribution >= 4 is 51.1 Å². The number of sulfonamides is 1. The van der Waals surface area contributed by atoms with Gasteiger partial charge in [0.05, 0.1) is 28.3 Å². The number of nitriles is 1. The van der Waals surface area contributed by atoms with Crippen LogP contribution in [-0.2, 0) is 19.6 Å². The Bertz CT molecular complexity index is 2290. The molecule has 17 heteroatoms. The van der Waals surface area contributed by atoms with Crippen LogP contribution in [0.3, 0.4) is 0 Å². The Morgan fingerprint density at radius 3 is 2.37 bits per heavy atom. The summed E-state index contributed by atoms with van der Waals surface area (Å²) < 4.78 is 39.3. The molecule has 3 aliphatic heterocycles. The molecule has 1 aromatic heterocycles. The molecule has 4 amide bonds. The fourth-order valence-corrected chi connectivity index (χ4v) is 11.0. The molecule has 0 bridgehead atoms. The number of unbranched alkanes of at least 4 members (excludes halogenated alkanes) is 2. The van der Waals surface area contributed by atoms with Crippen LogP contribution in [0.4, 0.5) is 5.82 Å². The molecule has 59 heavy (non-hydrogen) atoms. The smallest absolute Gasteiger partial charge is 0.269 e. The summed E-state index contributed by atoms with van der Waals surface area (Å²) in [5.41, 5.74) is 0.0832. The van der Waals surface area contributed by atoms with Gasteiger partial charge in [-0.25, -0.2) is 17.7 Å². The molecular formula is C42H48ClN7O8S. The minimum Gasteiger partial charge on any atom is -0.494 e. The molecule has 312 valence electrons. The first-order valence-electron chi connectivity index (χ1n) is 19.8. The van der Waals surface area contributed by atoms with E-state index >= 15 is 0 Å². The number of fused-ring (bicyclic) bond motifs is 1. The summed E-state index contributed by atoms with van der Waals surface area (Å²) in [6.45, 7) is 12.9. The van der Waals surface area contributed by atoms with Crippen molar-refractivity contribution in [3.05, 3.63) is 76.4 Å². The molecular weight excluding hydrogens is 798 g/mol. The first kappa shape index (κ1) is 41.9. The predicted molar refractivity (Wildman–Crippen MR) is 218 cm³/mol. The number of rotatable bonds is 13. The number of piperazine rings is 1. The number of nitrogens with zero attached hydrogens (tertiary/aromatic N) is 5. The molecule has 4 heterocycles. The third kappa shape index (κ3) is 8.20. The van der Waals surface area contributed by atoms with Gasteiger partial charge in [0.1, 0.15) is 40.4 Å². The van der Waals surface area contributed by atoms with Gasteiger partial charge in [0.2, 0.25) is 5.91 Å². The van der Waals surface area contributed by atoms with Crippen molar-refractivity contribution in [3.63, 3.8) is 0 Å². The molecule has 0 spiro atoms. The highest BCUT2D eigenvalue weighted by atomic mass is 35.5. The number of amides is 4. The molecule has 1 atom stereocenters. The molecule has 2 N–H and O–H groups in total. The number of nitrogens with one attached hydrogen (secondary N) is 2. The Labute approximate surface area is 349 Å². The molecule has 3 aromatic rings. The normalized spacial score (nSPS) is 23.1. The number of imide groups is 1. The second kappa shape index (κ2) is 16.4. The van der Waals surface area contributed by atoms with Gasteiger partial charge in [0.25, 0.3) is 27.7 Å². The number of ether oxygens (including phenoxy) is 2. The molecule has 2 aromatic carbocycles. The average molecular weight is 846 g/mol. The number of piperidine rings is 1. The second-order valence-electron chi connectivity index (χ2n) is 16.7. The lowest BCUT2D eigenvalue weighted by Crippen LogP contribution is -2.74. The van der Waals surface area contributed by atoms with Crippen LogP contribution in [0.15, 0.2) is 59.6 Å². The van der Waals surface area contributed by atoms with Gasteiger partial charge in [-0.1, -0.05) is 39.3 Å². The Hall–Kier alpha value is -5.24. The van der Waals surface area contributed by atoms with Gasteiger partial charge < -0.3 is 19.7 Å². The van der Waals surface area contributed by atoms with Gasteiger partial charge in [-0.2, -0.15) is 5.26 Å².